The van der Waals surface area contributed by atoms with Crippen molar-refractivity contribution in [1.29, 1.82) is 0 Å². The number of likely N-dealkylation sites (tertiary alicyclic amines) is 1. The van der Waals surface area contributed by atoms with Gasteiger partial charge in [0.25, 0.3) is 0 Å². The van der Waals surface area contributed by atoms with Crippen molar-refractivity contribution in [2.45, 2.75) is 77.8 Å². The van der Waals surface area contributed by atoms with Gasteiger partial charge in [0.05, 0.1) is 6.04 Å². The van der Waals surface area contributed by atoms with Crippen LogP contribution in [0.1, 0.15) is 65.7 Å². The van der Waals surface area contributed by atoms with Crippen LogP contribution in [0.15, 0.2) is 0 Å². The van der Waals surface area contributed by atoms with E-state index in [2.05, 4.69) is 31.0 Å². The van der Waals surface area contributed by atoms with Crippen molar-refractivity contribution in [1.82, 2.24) is 10.2 Å². The summed E-state index contributed by atoms with van der Waals surface area (Å²) in [6.45, 7) is 8.55. The van der Waals surface area contributed by atoms with E-state index in [1.807, 2.05) is 0 Å². The molecule has 0 aromatic rings. The molecule has 1 aliphatic carbocycles. The molecule has 2 aliphatic rings. The van der Waals surface area contributed by atoms with Crippen molar-refractivity contribution in [3.05, 3.63) is 0 Å². The number of hydrogen-bond donors (Lipinski definition) is 1. The van der Waals surface area contributed by atoms with E-state index in [4.69, 9.17) is 0 Å². The van der Waals surface area contributed by atoms with Crippen LogP contribution in [0, 0.1) is 5.41 Å². The first-order valence-electron chi connectivity index (χ1n) is 8.05. The molecule has 1 amide bonds. The van der Waals surface area contributed by atoms with Crippen molar-refractivity contribution in [2.75, 3.05) is 13.1 Å². The predicted octanol–water partition coefficient (Wildman–Crippen LogP) is 2.95. The summed E-state index contributed by atoms with van der Waals surface area (Å²) in [4.78, 5) is 14.7. The van der Waals surface area contributed by atoms with Gasteiger partial charge in [-0.1, -0.05) is 40.0 Å². The SMILES string of the molecule is CC(C)NC1CCCN(CC2(C)CCCCC2)C1=O. The molecule has 0 aromatic carbocycles. The van der Waals surface area contributed by atoms with Crippen LogP contribution in [0.2, 0.25) is 0 Å². The van der Waals surface area contributed by atoms with Gasteiger partial charge in [0, 0.05) is 19.1 Å². The van der Waals surface area contributed by atoms with Gasteiger partial charge in [0.1, 0.15) is 0 Å². The smallest absolute Gasteiger partial charge is 0.239 e. The first-order chi connectivity index (χ1) is 9.00. The zero-order valence-electron chi connectivity index (χ0n) is 12.9. The van der Waals surface area contributed by atoms with Gasteiger partial charge in [-0.3, -0.25) is 4.79 Å². The summed E-state index contributed by atoms with van der Waals surface area (Å²) in [5.74, 6) is 0.340. The highest BCUT2D eigenvalue weighted by molar-refractivity contribution is 5.82. The second-order valence-corrected chi connectivity index (χ2v) is 7.15. The standard InChI is InChI=1S/C16H30N2O/c1-13(2)17-14-8-7-11-18(15(14)19)12-16(3)9-5-4-6-10-16/h13-14,17H,4-12H2,1-3H3. The normalized spacial score (nSPS) is 27.9. The number of piperidine rings is 1. The lowest BCUT2D eigenvalue weighted by atomic mass is 9.75. The molecule has 0 bridgehead atoms. The molecule has 1 heterocycles. The van der Waals surface area contributed by atoms with Crippen LogP contribution >= 0.6 is 0 Å². The minimum Gasteiger partial charge on any atom is -0.341 e. The van der Waals surface area contributed by atoms with Crippen molar-refractivity contribution in [3.63, 3.8) is 0 Å². The molecular formula is C16H30N2O. The predicted molar refractivity (Wildman–Crippen MR) is 79.1 cm³/mol. The quantitative estimate of drug-likeness (QED) is 0.848. The fourth-order valence-corrected chi connectivity index (χ4v) is 3.68. The summed E-state index contributed by atoms with van der Waals surface area (Å²) in [5, 5.41) is 3.42. The maximum absolute atomic E-state index is 12.5. The average molecular weight is 266 g/mol. The summed E-state index contributed by atoms with van der Waals surface area (Å²) in [6.07, 6.45) is 8.79. The molecule has 1 saturated heterocycles. The number of amides is 1. The number of nitrogens with one attached hydrogen (secondary N) is 1. The molecule has 1 unspecified atom stereocenters. The van der Waals surface area contributed by atoms with Crippen molar-refractivity contribution < 1.29 is 4.79 Å². The van der Waals surface area contributed by atoms with Gasteiger partial charge < -0.3 is 10.2 Å². The highest BCUT2D eigenvalue weighted by Gasteiger charge is 2.35. The average Bonchev–Trinajstić information content (AvgIpc) is 2.34. The maximum atomic E-state index is 12.5. The summed E-state index contributed by atoms with van der Waals surface area (Å²) in [5.41, 5.74) is 0.369. The lowest BCUT2D eigenvalue weighted by Crippen LogP contribution is -2.54. The summed E-state index contributed by atoms with van der Waals surface area (Å²) in [7, 11) is 0. The minimum atomic E-state index is 0.0564. The molecule has 1 N–H and O–H groups in total. The lowest BCUT2D eigenvalue weighted by Gasteiger charge is -2.41. The van der Waals surface area contributed by atoms with E-state index >= 15 is 0 Å². The molecule has 0 spiro atoms. The topological polar surface area (TPSA) is 32.3 Å². The van der Waals surface area contributed by atoms with E-state index in [1.54, 1.807) is 0 Å². The Morgan fingerprint density at radius 2 is 1.95 bits per heavy atom. The number of rotatable bonds is 4. The first kappa shape index (κ1) is 14.8. The van der Waals surface area contributed by atoms with E-state index in [0.717, 1.165) is 25.9 Å². The molecule has 2 fully saturated rings. The second kappa shape index (κ2) is 6.25. The van der Waals surface area contributed by atoms with Crippen molar-refractivity contribution in [3.8, 4) is 0 Å². The Kier molecular flexibility index (Phi) is 4.88. The fourth-order valence-electron chi connectivity index (χ4n) is 3.68. The van der Waals surface area contributed by atoms with E-state index < -0.39 is 0 Å². The molecule has 1 saturated carbocycles. The maximum Gasteiger partial charge on any atom is 0.239 e. The van der Waals surface area contributed by atoms with Gasteiger partial charge in [-0.25, -0.2) is 0 Å². The Hall–Kier alpha value is -0.570. The molecule has 19 heavy (non-hydrogen) atoms. The Morgan fingerprint density at radius 1 is 1.26 bits per heavy atom. The Bertz CT molecular complexity index is 308. The van der Waals surface area contributed by atoms with Gasteiger partial charge >= 0.3 is 0 Å². The van der Waals surface area contributed by atoms with Gasteiger partial charge in [-0.2, -0.15) is 0 Å². The molecule has 2 rings (SSSR count). The van der Waals surface area contributed by atoms with Crippen molar-refractivity contribution >= 4 is 5.91 Å². The van der Waals surface area contributed by atoms with Crippen LogP contribution in [0.25, 0.3) is 0 Å². The number of nitrogens with zero attached hydrogens (tertiary/aromatic N) is 1. The first-order valence-corrected chi connectivity index (χ1v) is 8.05. The molecule has 1 atom stereocenters. The zero-order chi connectivity index (χ0) is 13.9. The van der Waals surface area contributed by atoms with E-state index in [9.17, 15) is 4.79 Å². The molecule has 0 aromatic heterocycles. The zero-order valence-corrected chi connectivity index (χ0v) is 12.9. The molecule has 0 radical (unpaired) electrons. The van der Waals surface area contributed by atoms with Gasteiger partial charge in [-0.05, 0) is 31.1 Å². The monoisotopic (exact) mass is 266 g/mol. The van der Waals surface area contributed by atoms with E-state index in [-0.39, 0.29) is 6.04 Å². The van der Waals surface area contributed by atoms with E-state index in [1.165, 1.54) is 32.1 Å². The fraction of sp³-hybridized carbons (Fsp3) is 0.938. The Balaban J connectivity index is 1.93. The van der Waals surface area contributed by atoms with Crippen LogP contribution in [0.3, 0.4) is 0 Å². The largest absolute Gasteiger partial charge is 0.341 e. The number of carbonyl (C=O) groups excluding carboxylic acids is 1. The molecular weight excluding hydrogens is 236 g/mol. The summed E-state index contributed by atoms with van der Waals surface area (Å²) in [6, 6.07) is 0.445. The van der Waals surface area contributed by atoms with Gasteiger partial charge in [0.15, 0.2) is 0 Å². The van der Waals surface area contributed by atoms with Crippen LogP contribution < -0.4 is 5.32 Å². The third-order valence-electron chi connectivity index (χ3n) is 4.70. The number of carbonyl (C=O) groups is 1. The van der Waals surface area contributed by atoms with Crippen LogP contribution in [-0.2, 0) is 4.79 Å². The third-order valence-corrected chi connectivity index (χ3v) is 4.70. The summed E-state index contributed by atoms with van der Waals surface area (Å²) < 4.78 is 0. The van der Waals surface area contributed by atoms with Crippen LogP contribution in [0.4, 0.5) is 0 Å². The molecule has 3 heteroatoms. The molecule has 110 valence electrons. The summed E-state index contributed by atoms with van der Waals surface area (Å²) >= 11 is 0. The van der Waals surface area contributed by atoms with Crippen LogP contribution in [-0.4, -0.2) is 36.0 Å². The molecule has 3 nitrogen and oxygen atoms in total. The minimum absolute atomic E-state index is 0.0564. The van der Waals surface area contributed by atoms with Crippen molar-refractivity contribution in [2.24, 2.45) is 5.41 Å². The molecule has 1 aliphatic heterocycles. The third kappa shape index (κ3) is 3.95. The Morgan fingerprint density at radius 3 is 2.58 bits per heavy atom. The Labute approximate surface area is 118 Å². The second-order valence-electron chi connectivity index (χ2n) is 7.15. The lowest BCUT2D eigenvalue weighted by molar-refractivity contribution is -0.138. The highest BCUT2D eigenvalue weighted by Crippen LogP contribution is 2.37. The van der Waals surface area contributed by atoms with E-state index in [0.29, 0.717) is 17.4 Å². The van der Waals surface area contributed by atoms with Gasteiger partial charge in [-0.15, -0.1) is 0 Å². The van der Waals surface area contributed by atoms with Crippen LogP contribution in [0.5, 0.6) is 0 Å². The van der Waals surface area contributed by atoms with Gasteiger partial charge in [0.2, 0.25) is 5.91 Å². The highest BCUT2D eigenvalue weighted by atomic mass is 16.2. The number of hydrogen-bond acceptors (Lipinski definition) is 2.